The predicted molar refractivity (Wildman–Crippen MR) is 106 cm³/mol. The Kier molecular flexibility index (Phi) is 6.12. The Balaban J connectivity index is 1.94. The third kappa shape index (κ3) is 5.36. The number of hydrogen-bond donors (Lipinski definition) is 1. The molecule has 1 aliphatic rings. The highest BCUT2D eigenvalue weighted by Gasteiger charge is 2.47. The number of nitrogens with one attached hydrogen (secondary N) is 1. The molecule has 0 heterocycles. The second-order valence-electron chi connectivity index (χ2n) is 7.39. The van der Waals surface area contributed by atoms with Gasteiger partial charge in [-0.3, -0.25) is 9.53 Å². The third-order valence-electron chi connectivity index (χ3n) is 4.81. The minimum absolute atomic E-state index is 0.107. The molecule has 0 bridgehead atoms. The average Bonchev–Trinajstić information content (AvgIpc) is 2.65. The first-order valence-electron chi connectivity index (χ1n) is 9.33. The Bertz CT molecular complexity index is 965. The van der Waals surface area contributed by atoms with Gasteiger partial charge in [0, 0.05) is 0 Å². The molecule has 0 spiro atoms. The molecule has 0 saturated carbocycles. The highest BCUT2D eigenvalue weighted by atomic mass is 19.4. The molecule has 7 heteroatoms. The number of amides is 1. The predicted octanol–water partition coefficient (Wildman–Crippen LogP) is 5.19. The first-order chi connectivity index (χ1) is 14.1. The first kappa shape index (κ1) is 21.8. The lowest BCUT2D eigenvalue weighted by Gasteiger charge is -2.40. The Morgan fingerprint density at radius 3 is 2.33 bits per heavy atom. The van der Waals surface area contributed by atoms with E-state index in [-0.39, 0.29) is 6.42 Å². The van der Waals surface area contributed by atoms with Crippen LogP contribution in [0.15, 0.2) is 72.3 Å². The van der Waals surface area contributed by atoms with Crippen molar-refractivity contribution in [2.45, 2.75) is 38.3 Å². The molecule has 2 atom stereocenters. The van der Waals surface area contributed by atoms with Crippen LogP contribution in [0.5, 0.6) is 0 Å². The van der Waals surface area contributed by atoms with Crippen molar-refractivity contribution in [1.82, 2.24) is 5.32 Å². The van der Waals surface area contributed by atoms with Gasteiger partial charge >= 0.3 is 6.36 Å². The van der Waals surface area contributed by atoms with E-state index < -0.39 is 29.7 Å². The molecule has 1 amide bonds. The molecule has 2 aromatic rings. The smallest absolute Gasteiger partial charge is 0.346 e. The summed E-state index contributed by atoms with van der Waals surface area (Å²) in [6.45, 7) is 2.97. The summed E-state index contributed by atoms with van der Waals surface area (Å²) in [7, 11) is 0. The van der Waals surface area contributed by atoms with Crippen LogP contribution >= 0.6 is 0 Å². The van der Waals surface area contributed by atoms with Gasteiger partial charge in [-0.1, -0.05) is 54.1 Å². The van der Waals surface area contributed by atoms with Crippen molar-refractivity contribution in [2.75, 3.05) is 0 Å². The van der Waals surface area contributed by atoms with Gasteiger partial charge in [-0.25, -0.2) is 4.39 Å². The molecule has 1 N–H and O–H groups in total. The quantitative estimate of drug-likeness (QED) is 0.678. The lowest BCUT2D eigenvalue weighted by molar-refractivity contribution is -0.357. The van der Waals surface area contributed by atoms with Crippen LogP contribution in [0.25, 0.3) is 5.57 Å². The summed E-state index contributed by atoms with van der Waals surface area (Å²) in [5.74, 6) is -0.939. The molecule has 30 heavy (non-hydrogen) atoms. The molecule has 158 valence electrons. The standard InChI is InChI=1S/C23H21F4NO2/c1-15-12-19(17-6-4-3-5-7-17)21(22(2,14-15)30-23(25,26)27)28-20(29)13-16-8-10-18(24)11-9-16/h3-12,14,21H,13H2,1-2H3,(H,28,29). The number of carbonyl (C=O) groups is 1. The summed E-state index contributed by atoms with van der Waals surface area (Å²) in [5, 5.41) is 2.69. The van der Waals surface area contributed by atoms with Gasteiger partial charge in [0.2, 0.25) is 5.91 Å². The Morgan fingerprint density at radius 1 is 1.10 bits per heavy atom. The van der Waals surface area contributed by atoms with E-state index in [2.05, 4.69) is 10.1 Å². The van der Waals surface area contributed by atoms with E-state index in [0.717, 1.165) is 0 Å². The summed E-state index contributed by atoms with van der Waals surface area (Å²) < 4.78 is 57.2. The number of ether oxygens (including phenoxy) is 1. The molecule has 0 aromatic heterocycles. The van der Waals surface area contributed by atoms with Gasteiger partial charge < -0.3 is 5.32 Å². The zero-order valence-electron chi connectivity index (χ0n) is 16.5. The van der Waals surface area contributed by atoms with E-state index in [1.54, 1.807) is 43.3 Å². The number of hydrogen-bond acceptors (Lipinski definition) is 2. The van der Waals surface area contributed by atoms with E-state index >= 15 is 0 Å². The van der Waals surface area contributed by atoms with Crippen LogP contribution in [-0.4, -0.2) is 23.9 Å². The normalized spacial score (nSPS) is 21.6. The molecular weight excluding hydrogens is 398 g/mol. The van der Waals surface area contributed by atoms with Crippen molar-refractivity contribution in [3.05, 3.63) is 89.3 Å². The van der Waals surface area contributed by atoms with Gasteiger partial charge in [0.25, 0.3) is 0 Å². The maximum atomic E-state index is 13.2. The maximum Gasteiger partial charge on any atom is 0.523 e. The van der Waals surface area contributed by atoms with E-state index in [0.29, 0.717) is 22.3 Å². The second kappa shape index (κ2) is 8.44. The monoisotopic (exact) mass is 419 g/mol. The number of carbonyl (C=O) groups excluding carboxylic acids is 1. The molecule has 0 aliphatic heterocycles. The fraction of sp³-hybridized carbons (Fsp3) is 0.261. The van der Waals surface area contributed by atoms with Crippen molar-refractivity contribution in [2.24, 2.45) is 0 Å². The third-order valence-corrected chi connectivity index (χ3v) is 4.81. The van der Waals surface area contributed by atoms with Crippen molar-refractivity contribution in [3.63, 3.8) is 0 Å². The van der Waals surface area contributed by atoms with Crippen LogP contribution in [0.3, 0.4) is 0 Å². The minimum Gasteiger partial charge on any atom is -0.346 e. The van der Waals surface area contributed by atoms with Gasteiger partial charge in [0.15, 0.2) is 0 Å². The minimum atomic E-state index is -4.90. The fourth-order valence-corrected chi connectivity index (χ4v) is 3.65. The fourth-order valence-electron chi connectivity index (χ4n) is 3.65. The van der Waals surface area contributed by atoms with Crippen molar-refractivity contribution < 1.29 is 27.1 Å². The molecular formula is C23H21F4NO2. The van der Waals surface area contributed by atoms with Crippen molar-refractivity contribution in [3.8, 4) is 0 Å². The molecule has 3 rings (SSSR count). The van der Waals surface area contributed by atoms with Crippen LogP contribution in [0, 0.1) is 5.82 Å². The van der Waals surface area contributed by atoms with Crippen LogP contribution in [0.4, 0.5) is 17.6 Å². The number of alkyl halides is 3. The molecule has 0 fully saturated rings. The summed E-state index contributed by atoms with van der Waals surface area (Å²) in [5.41, 5.74) is 0.467. The van der Waals surface area contributed by atoms with Crippen LogP contribution < -0.4 is 5.32 Å². The number of benzene rings is 2. The summed E-state index contributed by atoms with van der Waals surface area (Å²) in [6, 6.07) is 13.1. The topological polar surface area (TPSA) is 38.3 Å². The zero-order valence-corrected chi connectivity index (χ0v) is 16.5. The molecule has 0 radical (unpaired) electrons. The highest BCUT2D eigenvalue weighted by molar-refractivity contribution is 5.84. The SMILES string of the molecule is CC1=CC(C)(OC(F)(F)F)C(NC(=O)Cc2ccc(F)cc2)C(c2ccccc2)=C1. The lowest BCUT2D eigenvalue weighted by atomic mass is 9.80. The number of allylic oxidation sites excluding steroid dienone is 2. The summed E-state index contributed by atoms with van der Waals surface area (Å²) in [4.78, 5) is 12.7. The Morgan fingerprint density at radius 2 is 1.73 bits per heavy atom. The lowest BCUT2D eigenvalue weighted by Crippen LogP contribution is -2.55. The molecule has 0 saturated heterocycles. The summed E-state index contributed by atoms with van der Waals surface area (Å²) >= 11 is 0. The summed E-state index contributed by atoms with van der Waals surface area (Å²) in [6.07, 6.45) is -1.91. The van der Waals surface area contributed by atoms with Gasteiger partial charge in [-0.15, -0.1) is 13.2 Å². The van der Waals surface area contributed by atoms with Crippen molar-refractivity contribution in [1.29, 1.82) is 0 Å². The maximum absolute atomic E-state index is 13.2. The van der Waals surface area contributed by atoms with E-state index in [1.165, 1.54) is 37.3 Å². The second-order valence-corrected chi connectivity index (χ2v) is 7.39. The molecule has 2 unspecified atom stereocenters. The van der Waals surface area contributed by atoms with Gasteiger partial charge in [-0.2, -0.15) is 0 Å². The van der Waals surface area contributed by atoms with Crippen LogP contribution in [0.2, 0.25) is 0 Å². The molecule has 3 nitrogen and oxygen atoms in total. The zero-order chi connectivity index (χ0) is 21.9. The van der Waals surface area contributed by atoms with E-state index in [9.17, 15) is 22.4 Å². The molecule has 2 aromatic carbocycles. The van der Waals surface area contributed by atoms with E-state index in [4.69, 9.17) is 0 Å². The van der Waals surface area contributed by atoms with Crippen LogP contribution in [0.1, 0.15) is 25.0 Å². The molecule has 1 aliphatic carbocycles. The Labute approximate surface area is 172 Å². The van der Waals surface area contributed by atoms with Gasteiger partial charge in [-0.05, 0) is 48.8 Å². The highest BCUT2D eigenvalue weighted by Crippen LogP contribution is 2.39. The van der Waals surface area contributed by atoms with Crippen LogP contribution in [-0.2, 0) is 16.0 Å². The van der Waals surface area contributed by atoms with E-state index in [1.807, 2.05) is 0 Å². The van der Waals surface area contributed by atoms with Gasteiger partial charge in [0.1, 0.15) is 11.4 Å². The first-order valence-corrected chi connectivity index (χ1v) is 9.33. The number of rotatable bonds is 5. The van der Waals surface area contributed by atoms with Gasteiger partial charge in [0.05, 0.1) is 12.5 Å². The average molecular weight is 419 g/mol. The Hall–Kier alpha value is -2.93. The van der Waals surface area contributed by atoms with Crippen molar-refractivity contribution >= 4 is 11.5 Å². The largest absolute Gasteiger partial charge is 0.523 e. The number of halogens is 4.